The number of rotatable bonds is 8. The van der Waals surface area contributed by atoms with Crippen molar-refractivity contribution in [1.29, 1.82) is 0 Å². The molecule has 3 rings (SSSR count). The summed E-state index contributed by atoms with van der Waals surface area (Å²) in [7, 11) is 1.55. The Morgan fingerprint density at radius 2 is 1.87 bits per heavy atom. The zero-order chi connectivity index (χ0) is 22.4. The van der Waals surface area contributed by atoms with E-state index in [9.17, 15) is 22.8 Å². The van der Waals surface area contributed by atoms with Gasteiger partial charge in [-0.3, -0.25) is 14.5 Å². The highest BCUT2D eigenvalue weighted by molar-refractivity contribution is 6.01. The molecule has 0 saturated carbocycles. The fraction of sp³-hybridized carbons (Fsp3) is 0.619. The lowest BCUT2D eigenvalue weighted by Gasteiger charge is -2.35. The Balaban J connectivity index is 1.43. The van der Waals surface area contributed by atoms with Gasteiger partial charge < -0.3 is 19.3 Å². The maximum atomic E-state index is 12.9. The largest absolute Gasteiger partial charge is 0.495 e. The number of hydrogen-bond donors (Lipinski definition) is 0. The lowest BCUT2D eigenvalue weighted by Crippen LogP contribution is -2.50. The molecule has 1 unspecified atom stereocenters. The van der Waals surface area contributed by atoms with Crippen LogP contribution in [0.4, 0.5) is 18.9 Å². The number of piperazine rings is 1. The third kappa shape index (κ3) is 6.33. The third-order valence-corrected chi connectivity index (χ3v) is 5.56. The van der Waals surface area contributed by atoms with Gasteiger partial charge in [0.2, 0.25) is 11.8 Å². The van der Waals surface area contributed by atoms with Gasteiger partial charge in [-0.15, -0.1) is 0 Å². The van der Waals surface area contributed by atoms with Gasteiger partial charge in [0, 0.05) is 52.3 Å². The first kappa shape index (κ1) is 23.3. The van der Waals surface area contributed by atoms with Crippen LogP contribution in [0.3, 0.4) is 0 Å². The van der Waals surface area contributed by atoms with Crippen molar-refractivity contribution in [2.24, 2.45) is 5.92 Å². The minimum absolute atomic E-state index is 0.0288. The second-order valence-electron chi connectivity index (χ2n) is 7.77. The van der Waals surface area contributed by atoms with Gasteiger partial charge >= 0.3 is 6.18 Å². The summed E-state index contributed by atoms with van der Waals surface area (Å²) < 4.78 is 46.2. The van der Waals surface area contributed by atoms with Gasteiger partial charge in [-0.05, 0) is 18.6 Å². The van der Waals surface area contributed by atoms with Crippen molar-refractivity contribution in [3.05, 3.63) is 24.3 Å². The molecule has 31 heavy (non-hydrogen) atoms. The average Bonchev–Trinajstić information content (AvgIpc) is 3.14. The van der Waals surface area contributed by atoms with Crippen molar-refractivity contribution >= 4 is 17.5 Å². The Bertz CT molecular complexity index is 766. The molecule has 2 saturated heterocycles. The first-order valence-corrected chi connectivity index (χ1v) is 10.4. The summed E-state index contributed by atoms with van der Waals surface area (Å²) in [5.74, 6) is 0.0794. The van der Waals surface area contributed by atoms with E-state index in [0.717, 1.165) is 0 Å². The molecular weight excluding hydrogens is 415 g/mol. The van der Waals surface area contributed by atoms with Crippen molar-refractivity contribution in [2.75, 3.05) is 64.5 Å². The smallest absolute Gasteiger partial charge is 0.411 e. The molecule has 1 atom stereocenters. The number of amides is 2. The Morgan fingerprint density at radius 1 is 1.16 bits per heavy atom. The molecule has 2 amide bonds. The van der Waals surface area contributed by atoms with Crippen LogP contribution in [-0.4, -0.2) is 87.4 Å². The van der Waals surface area contributed by atoms with E-state index in [1.54, 1.807) is 29.0 Å². The van der Waals surface area contributed by atoms with E-state index in [1.165, 1.54) is 0 Å². The lowest BCUT2D eigenvalue weighted by atomic mass is 10.1. The number of halogens is 3. The minimum Gasteiger partial charge on any atom is -0.495 e. The zero-order valence-electron chi connectivity index (χ0n) is 17.6. The maximum Gasteiger partial charge on any atom is 0.411 e. The molecule has 0 spiro atoms. The Hall–Kier alpha value is -2.33. The number of benzene rings is 1. The van der Waals surface area contributed by atoms with E-state index < -0.39 is 12.8 Å². The molecule has 172 valence electrons. The Labute approximate surface area is 179 Å². The van der Waals surface area contributed by atoms with Gasteiger partial charge in [0.05, 0.1) is 18.7 Å². The van der Waals surface area contributed by atoms with Crippen molar-refractivity contribution in [3.63, 3.8) is 0 Å². The first-order valence-electron chi connectivity index (χ1n) is 10.4. The number of alkyl halides is 3. The Kier molecular flexibility index (Phi) is 7.77. The average molecular weight is 443 g/mol. The molecule has 1 aromatic rings. The van der Waals surface area contributed by atoms with Crippen molar-refractivity contribution in [3.8, 4) is 5.75 Å². The van der Waals surface area contributed by atoms with Gasteiger partial charge in [0.1, 0.15) is 12.4 Å². The normalized spacial score (nSPS) is 20.4. The number of hydrogen-bond acceptors (Lipinski definition) is 5. The predicted molar refractivity (Wildman–Crippen MR) is 108 cm³/mol. The first-order chi connectivity index (χ1) is 14.8. The summed E-state index contributed by atoms with van der Waals surface area (Å²) in [6, 6.07) is 7.24. The predicted octanol–water partition coefficient (Wildman–Crippen LogP) is 2.16. The van der Waals surface area contributed by atoms with E-state index in [4.69, 9.17) is 4.74 Å². The number of para-hydroxylation sites is 2. The molecule has 0 bridgehead atoms. The molecule has 1 aromatic carbocycles. The van der Waals surface area contributed by atoms with Crippen LogP contribution in [0.2, 0.25) is 0 Å². The number of anilines is 1. The molecule has 2 aliphatic heterocycles. The van der Waals surface area contributed by atoms with Gasteiger partial charge in [-0.1, -0.05) is 12.1 Å². The summed E-state index contributed by atoms with van der Waals surface area (Å²) in [4.78, 5) is 31.0. The fourth-order valence-corrected chi connectivity index (χ4v) is 3.99. The number of nitrogens with zero attached hydrogens (tertiary/aromatic N) is 3. The van der Waals surface area contributed by atoms with Crippen LogP contribution in [0.15, 0.2) is 24.3 Å². The van der Waals surface area contributed by atoms with Crippen molar-refractivity contribution in [1.82, 2.24) is 9.80 Å². The standard InChI is InChI=1S/C21H28F3N3O4/c1-30-18-6-3-2-5-17(18)27-14-16(13-19(27)28)20(29)26-10-8-25(9-11-26)7-4-12-31-15-21(22,23)24/h2-3,5-6,16H,4,7-15H2,1H3. The topological polar surface area (TPSA) is 62.3 Å². The molecule has 7 nitrogen and oxygen atoms in total. The van der Waals surface area contributed by atoms with Crippen LogP contribution in [-0.2, 0) is 14.3 Å². The highest BCUT2D eigenvalue weighted by atomic mass is 19.4. The molecule has 0 N–H and O–H groups in total. The van der Waals surface area contributed by atoms with Gasteiger partial charge in [0.25, 0.3) is 0 Å². The maximum absolute atomic E-state index is 12.9. The molecule has 2 fully saturated rings. The molecule has 0 aromatic heterocycles. The van der Waals surface area contributed by atoms with Crippen LogP contribution in [0, 0.1) is 5.92 Å². The molecule has 0 aliphatic carbocycles. The van der Waals surface area contributed by atoms with Gasteiger partial charge in [-0.2, -0.15) is 13.2 Å². The molecule has 0 radical (unpaired) electrons. The number of carbonyl (C=O) groups excluding carboxylic acids is 2. The monoisotopic (exact) mass is 443 g/mol. The summed E-state index contributed by atoms with van der Waals surface area (Å²) in [6.07, 6.45) is -3.61. The fourth-order valence-electron chi connectivity index (χ4n) is 3.99. The van der Waals surface area contributed by atoms with Crippen LogP contribution in [0.25, 0.3) is 0 Å². The SMILES string of the molecule is COc1ccccc1N1CC(C(=O)N2CCN(CCCOCC(F)(F)F)CC2)CC1=O. The van der Waals surface area contributed by atoms with Crippen LogP contribution >= 0.6 is 0 Å². The Morgan fingerprint density at radius 3 is 2.55 bits per heavy atom. The second-order valence-corrected chi connectivity index (χ2v) is 7.77. The molecule has 2 aliphatic rings. The molecular formula is C21H28F3N3O4. The number of methoxy groups -OCH3 is 1. The van der Waals surface area contributed by atoms with Crippen LogP contribution in [0.1, 0.15) is 12.8 Å². The number of carbonyl (C=O) groups is 2. The van der Waals surface area contributed by atoms with E-state index in [2.05, 4.69) is 9.64 Å². The van der Waals surface area contributed by atoms with Gasteiger partial charge in [-0.25, -0.2) is 0 Å². The second kappa shape index (κ2) is 10.3. The summed E-state index contributed by atoms with van der Waals surface area (Å²) in [5, 5.41) is 0. The summed E-state index contributed by atoms with van der Waals surface area (Å²) >= 11 is 0. The zero-order valence-corrected chi connectivity index (χ0v) is 17.6. The summed E-state index contributed by atoms with van der Waals surface area (Å²) in [5.41, 5.74) is 0.669. The molecule has 10 heteroatoms. The van der Waals surface area contributed by atoms with Crippen molar-refractivity contribution in [2.45, 2.75) is 19.0 Å². The third-order valence-electron chi connectivity index (χ3n) is 5.56. The quantitative estimate of drug-likeness (QED) is 0.577. The van der Waals surface area contributed by atoms with Gasteiger partial charge in [0.15, 0.2) is 0 Å². The lowest BCUT2D eigenvalue weighted by molar-refractivity contribution is -0.174. The van der Waals surface area contributed by atoms with Crippen LogP contribution < -0.4 is 9.64 Å². The highest BCUT2D eigenvalue weighted by Gasteiger charge is 2.38. The summed E-state index contributed by atoms with van der Waals surface area (Å²) in [6.45, 7) is 2.19. The van der Waals surface area contributed by atoms with E-state index >= 15 is 0 Å². The van der Waals surface area contributed by atoms with E-state index in [1.807, 2.05) is 12.1 Å². The minimum atomic E-state index is -4.30. The van der Waals surface area contributed by atoms with Crippen LogP contribution in [0.5, 0.6) is 5.75 Å². The molecule has 2 heterocycles. The highest BCUT2D eigenvalue weighted by Crippen LogP contribution is 2.33. The van der Waals surface area contributed by atoms with E-state index in [0.29, 0.717) is 57.1 Å². The van der Waals surface area contributed by atoms with E-state index in [-0.39, 0.29) is 30.8 Å². The van der Waals surface area contributed by atoms with Crippen molar-refractivity contribution < 1.29 is 32.2 Å². The number of ether oxygens (including phenoxy) is 2.